The van der Waals surface area contributed by atoms with Gasteiger partial charge in [-0.15, -0.1) is 0 Å². The molecular weight excluding hydrogens is 252 g/mol. The van der Waals surface area contributed by atoms with Gasteiger partial charge in [-0.25, -0.2) is 9.78 Å². The third-order valence-corrected chi connectivity index (χ3v) is 2.29. The summed E-state index contributed by atoms with van der Waals surface area (Å²) in [4.78, 5) is 14.3. The molecule has 0 aliphatic heterocycles. The fourth-order valence-electron chi connectivity index (χ4n) is 0.918. The quantitative estimate of drug-likeness (QED) is 0.737. The van der Waals surface area contributed by atoms with E-state index >= 15 is 0 Å². The summed E-state index contributed by atoms with van der Waals surface area (Å²) in [6, 6.07) is 0.999. The zero-order valence-corrected chi connectivity index (χ0v) is 8.73. The molecule has 0 unspecified atom stereocenters. The monoisotopic (exact) mass is 260 g/mol. The molecule has 0 aromatic carbocycles. The Morgan fingerprint density at radius 2 is 2.36 bits per heavy atom. The number of aromatic carboxylic acids is 1. The predicted molar refractivity (Wildman–Crippen MR) is 52.9 cm³/mol. The van der Waals surface area contributed by atoms with E-state index in [9.17, 15) is 4.79 Å². The van der Waals surface area contributed by atoms with Crippen molar-refractivity contribution in [2.24, 2.45) is 5.73 Å². The average molecular weight is 261 g/mol. The summed E-state index contributed by atoms with van der Waals surface area (Å²) in [5.74, 6) is -1.11. The van der Waals surface area contributed by atoms with Gasteiger partial charge in [0.1, 0.15) is 0 Å². The first-order chi connectivity index (χ1) is 6.56. The van der Waals surface area contributed by atoms with Crippen molar-refractivity contribution in [3.05, 3.63) is 28.0 Å². The van der Waals surface area contributed by atoms with Crippen LogP contribution in [0.25, 0.3) is 0 Å². The van der Waals surface area contributed by atoms with Crippen LogP contribution in [0.3, 0.4) is 0 Å². The zero-order chi connectivity index (χ0) is 10.7. The van der Waals surface area contributed by atoms with E-state index in [0.29, 0.717) is 10.0 Å². The highest BCUT2D eigenvalue weighted by Gasteiger charge is 2.12. The van der Waals surface area contributed by atoms with E-state index in [4.69, 9.17) is 15.9 Å². The molecule has 5 nitrogen and oxygen atoms in total. The first-order valence-electron chi connectivity index (χ1n) is 3.81. The molecule has 0 bridgehead atoms. The fraction of sp³-hybridized carbons (Fsp3) is 0.250. The van der Waals surface area contributed by atoms with Crippen LogP contribution < -0.4 is 5.73 Å². The Balaban J connectivity index is 3.06. The van der Waals surface area contributed by atoms with Crippen LogP contribution in [0.2, 0.25) is 0 Å². The van der Waals surface area contributed by atoms with Gasteiger partial charge < -0.3 is 15.9 Å². The normalized spacial score (nSPS) is 12.5. The summed E-state index contributed by atoms with van der Waals surface area (Å²) in [6.45, 7) is -0.208. The Bertz CT molecular complexity index is 356. The summed E-state index contributed by atoms with van der Waals surface area (Å²) < 4.78 is 0.353. The van der Waals surface area contributed by atoms with Crippen molar-refractivity contribution in [3.63, 3.8) is 0 Å². The second kappa shape index (κ2) is 4.50. The lowest BCUT2D eigenvalue weighted by molar-refractivity contribution is 0.0689. The number of aliphatic hydroxyl groups is 1. The third kappa shape index (κ3) is 2.28. The number of hydrogen-bond acceptors (Lipinski definition) is 4. The first kappa shape index (κ1) is 11.1. The number of aromatic nitrogens is 1. The maximum Gasteiger partial charge on any atom is 0.355 e. The van der Waals surface area contributed by atoms with Crippen molar-refractivity contribution in [1.29, 1.82) is 0 Å². The summed E-state index contributed by atoms with van der Waals surface area (Å²) in [7, 11) is 0. The van der Waals surface area contributed by atoms with Crippen LogP contribution in [-0.2, 0) is 0 Å². The molecule has 6 heteroatoms. The second-order valence-electron chi connectivity index (χ2n) is 2.69. The maximum atomic E-state index is 10.6. The molecule has 0 saturated carbocycles. The van der Waals surface area contributed by atoms with Crippen LogP contribution in [0.1, 0.15) is 22.1 Å². The van der Waals surface area contributed by atoms with Gasteiger partial charge in [0.2, 0.25) is 0 Å². The van der Waals surface area contributed by atoms with E-state index in [2.05, 4.69) is 20.9 Å². The molecule has 1 heterocycles. The summed E-state index contributed by atoms with van der Waals surface area (Å²) in [6.07, 6.45) is 1.34. The molecule has 76 valence electrons. The van der Waals surface area contributed by atoms with Gasteiger partial charge in [-0.2, -0.15) is 0 Å². The smallest absolute Gasteiger partial charge is 0.355 e. The molecular formula is C8H9BrN2O3. The molecule has 0 fully saturated rings. The van der Waals surface area contributed by atoms with Crippen molar-refractivity contribution in [2.45, 2.75) is 6.04 Å². The minimum absolute atomic E-state index is 0.0705. The van der Waals surface area contributed by atoms with Gasteiger partial charge in [-0.05, 0) is 27.6 Å². The van der Waals surface area contributed by atoms with Gasteiger partial charge in [0.05, 0.1) is 17.1 Å². The summed E-state index contributed by atoms with van der Waals surface area (Å²) in [5, 5.41) is 17.5. The molecule has 0 spiro atoms. The molecule has 0 radical (unpaired) electrons. The molecule has 0 saturated heterocycles. The highest BCUT2D eigenvalue weighted by Crippen LogP contribution is 2.19. The fourth-order valence-corrected chi connectivity index (χ4v) is 1.45. The number of carboxylic acids is 1. The van der Waals surface area contributed by atoms with Crippen LogP contribution in [0.5, 0.6) is 0 Å². The molecule has 0 aliphatic carbocycles. The van der Waals surface area contributed by atoms with E-state index in [-0.39, 0.29) is 12.3 Å². The van der Waals surface area contributed by atoms with E-state index in [1.54, 1.807) is 0 Å². The van der Waals surface area contributed by atoms with Gasteiger partial charge in [0.25, 0.3) is 0 Å². The number of nitrogens with two attached hydrogens (primary N) is 1. The Morgan fingerprint density at radius 3 is 2.79 bits per heavy atom. The van der Waals surface area contributed by atoms with Crippen LogP contribution in [0.4, 0.5) is 0 Å². The molecule has 0 aliphatic rings. The number of carbonyl (C=O) groups is 1. The maximum absolute atomic E-state index is 10.6. The van der Waals surface area contributed by atoms with E-state index in [0.717, 1.165) is 0 Å². The number of rotatable bonds is 3. The largest absolute Gasteiger partial charge is 0.476 e. The number of carboxylic acid groups (broad SMARTS) is 1. The Morgan fingerprint density at radius 1 is 1.71 bits per heavy atom. The molecule has 14 heavy (non-hydrogen) atoms. The number of nitrogens with zero attached hydrogens (tertiary/aromatic N) is 1. The van der Waals surface area contributed by atoms with Gasteiger partial charge in [0.15, 0.2) is 5.69 Å². The van der Waals surface area contributed by atoms with Gasteiger partial charge in [0, 0.05) is 6.20 Å². The van der Waals surface area contributed by atoms with Crippen molar-refractivity contribution < 1.29 is 15.0 Å². The second-order valence-corrected chi connectivity index (χ2v) is 3.55. The predicted octanol–water partition coefficient (Wildman–Crippen LogP) is 0.534. The lowest BCUT2D eigenvalue weighted by Gasteiger charge is -2.08. The van der Waals surface area contributed by atoms with E-state index in [1.807, 2.05) is 0 Å². The Labute approximate surface area is 88.7 Å². The topological polar surface area (TPSA) is 96.4 Å². The van der Waals surface area contributed by atoms with Crippen LogP contribution >= 0.6 is 15.9 Å². The standard InChI is InChI=1S/C8H9BrN2O3/c9-5-1-4(6(10)3-12)2-11-7(5)8(13)14/h1-2,6,12H,3,10H2,(H,13,14)/t6-/m0/s1. The lowest BCUT2D eigenvalue weighted by atomic mass is 10.1. The molecule has 1 aromatic rings. The van der Waals surface area contributed by atoms with Gasteiger partial charge in [-0.3, -0.25) is 0 Å². The lowest BCUT2D eigenvalue weighted by Crippen LogP contribution is -2.15. The van der Waals surface area contributed by atoms with Gasteiger partial charge in [-0.1, -0.05) is 0 Å². The van der Waals surface area contributed by atoms with Crippen molar-refractivity contribution in [2.75, 3.05) is 6.61 Å². The van der Waals surface area contributed by atoms with Gasteiger partial charge >= 0.3 is 5.97 Å². The average Bonchev–Trinajstić information content (AvgIpc) is 2.15. The first-order valence-corrected chi connectivity index (χ1v) is 4.60. The SMILES string of the molecule is N[C@@H](CO)c1cnc(C(=O)O)c(Br)c1. The van der Waals surface area contributed by atoms with Crippen LogP contribution in [-0.4, -0.2) is 27.8 Å². The van der Waals surface area contributed by atoms with Crippen LogP contribution in [0.15, 0.2) is 16.7 Å². The van der Waals surface area contributed by atoms with Crippen LogP contribution in [0, 0.1) is 0 Å². The molecule has 1 atom stereocenters. The van der Waals surface area contributed by atoms with Crippen molar-refractivity contribution in [1.82, 2.24) is 4.98 Å². The molecule has 1 aromatic heterocycles. The summed E-state index contributed by atoms with van der Waals surface area (Å²) in [5.41, 5.74) is 6.05. The highest BCUT2D eigenvalue weighted by molar-refractivity contribution is 9.10. The highest BCUT2D eigenvalue weighted by atomic mass is 79.9. The Hall–Kier alpha value is -0.980. The minimum Gasteiger partial charge on any atom is -0.476 e. The molecule has 1 rings (SSSR count). The van der Waals surface area contributed by atoms with Crippen molar-refractivity contribution >= 4 is 21.9 Å². The summed E-state index contributed by atoms with van der Waals surface area (Å²) >= 11 is 3.06. The number of pyridine rings is 1. The number of aliphatic hydroxyl groups excluding tert-OH is 1. The number of hydrogen-bond donors (Lipinski definition) is 3. The Kier molecular flexibility index (Phi) is 3.56. The third-order valence-electron chi connectivity index (χ3n) is 1.69. The van der Waals surface area contributed by atoms with Crippen molar-refractivity contribution in [3.8, 4) is 0 Å². The van der Waals surface area contributed by atoms with E-state index in [1.165, 1.54) is 12.3 Å². The number of halogens is 1. The minimum atomic E-state index is -1.11. The molecule has 4 N–H and O–H groups in total. The molecule has 0 amide bonds. The zero-order valence-electron chi connectivity index (χ0n) is 7.14. The van der Waals surface area contributed by atoms with E-state index < -0.39 is 12.0 Å².